The van der Waals surface area contributed by atoms with Crippen molar-refractivity contribution in [1.29, 1.82) is 0 Å². The van der Waals surface area contributed by atoms with E-state index in [0.717, 1.165) is 23.7 Å². The molecular weight excluding hydrogens is 636 g/mol. The number of fused-ring (bicyclic) bond motifs is 2. The topological polar surface area (TPSA) is 0 Å². The molecule has 5 saturated carbocycles. The Kier molecular flexibility index (Phi) is 2.59. The van der Waals surface area contributed by atoms with Crippen molar-refractivity contribution >= 4 is 95.6 Å². The first-order chi connectivity index (χ1) is 8.62. The molecule has 0 radical (unpaired) electrons. The van der Waals surface area contributed by atoms with Gasteiger partial charge in [-0.05, 0) is 49.4 Å². The predicted molar refractivity (Wildman–Crippen MR) is 99.0 cm³/mol. The molecule has 19 heavy (non-hydrogen) atoms. The number of hydrogen-bond donors (Lipinski definition) is 0. The van der Waals surface area contributed by atoms with Gasteiger partial charge in [-0.1, -0.05) is 95.6 Å². The van der Waals surface area contributed by atoms with Crippen molar-refractivity contribution in [1.82, 2.24) is 0 Å². The van der Waals surface area contributed by atoms with Crippen LogP contribution in [0.25, 0.3) is 0 Å². The van der Waals surface area contributed by atoms with E-state index < -0.39 is 0 Å². The van der Waals surface area contributed by atoms with Crippen LogP contribution in [0.3, 0.4) is 0 Å². The summed E-state index contributed by atoms with van der Waals surface area (Å²) in [5.41, 5.74) is 0.934. The highest BCUT2D eigenvalue weighted by molar-refractivity contribution is 9.26. The number of hydrogen-bond acceptors (Lipinski definition) is 0. The summed E-state index contributed by atoms with van der Waals surface area (Å²) in [7, 11) is 0. The Morgan fingerprint density at radius 1 is 0.526 bits per heavy atom. The van der Waals surface area contributed by atoms with Crippen LogP contribution in [0.5, 0.6) is 0 Å². The second-order valence-electron chi connectivity index (χ2n) is 7.33. The van der Waals surface area contributed by atoms with Crippen molar-refractivity contribution in [2.45, 2.75) is 35.4 Å². The maximum atomic E-state index is 4.08. The molecule has 0 heterocycles. The van der Waals surface area contributed by atoms with Gasteiger partial charge in [-0.3, -0.25) is 0 Å². The second kappa shape index (κ2) is 3.45. The summed E-state index contributed by atoms with van der Waals surface area (Å²) in [6.45, 7) is 0. The molecule has 0 aliphatic heterocycles. The highest BCUT2D eigenvalue weighted by Crippen LogP contribution is 2.98. The molecule has 5 rings (SSSR count). The molecule has 0 N–H and O–H groups in total. The largest absolute Gasteiger partial charge is 0.0929 e. The Morgan fingerprint density at radius 3 is 1.05 bits per heavy atom. The lowest BCUT2D eigenvalue weighted by atomic mass is 9.71. The van der Waals surface area contributed by atoms with Gasteiger partial charge in [0.15, 0.2) is 0 Å². The normalized spacial score (nSPS) is 64.1. The lowest BCUT2D eigenvalue weighted by Crippen LogP contribution is -2.25. The van der Waals surface area contributed by atoms with Crippen molar-refractivity contribution in [3.63, 3.8) is 0 Å². The van der Waals surface area contributed by atoms with Crippen LogP contribution in [0.1, 0.15) is 25.7 Å². The summed E-state index contributed by atoms with van der Waals surface area (Å²) in [5, 5.41) is 0. The Hall–Kier alpha value is 2.88. The zero-order valence-electron chi connectivity index (χ0n) is 9.91. The van der Waals surface area contributed by atoms with Crippen LogP contribution in [-0.4, -0.2) is 9.70 Å². The summed E-state index contributed by atoms with van der Waals surface area (Å²) >= 11 is 23.8. The molecule has 5 aliphatic rings. The first-order valence-electron chi connectivity index (χ1n) is 6.75. The van der Waals surface area contributed by atoms with Crippen LogP contribution in [0.4, 0.5) is 0 Å². The third-order valence-corrected chi connectivity index (χ3v) is 14.8. The van der Waals surface area contributed by atoms with E-state index in [1.54, 1.807) is 0 Å². The van der Waals surface area contributed by atoms with Gasteiger partial charge in [-0.2, -0.15) is 0 Å². The molecule has 106 valence electrons. The fraction of sp³-hybridized carbons (Fsp3) is 1.00. The Balaban J connectivity index is 1.57. The van der Waals surface area contributed by atoms with Gasteiger partial charge >= 0.3 is 0 Å². The van der Waals surface area contributed by atoms with Crippen LogP contribution in [0, 0.1) is 34.5 Å². The second-order valence-corrected chi connectivity index (χ2v) is 18.2. The fourth-order valence-corrected chi connectivity index (χ4v) is 11.7. The standard InChI is InChI=1S/C13H12Br6/c14-11(15)5-1-9-2-7-8(12(7,16)17)4-10(9,3-6(5)11)13(9,18)19/h5-8H,1-4H2. The first kappa shape index (κ1) is 14.2. The van der Waals surface area contributed by atoms with E-state index in [9.17, 15) is 0 Å². The van der Waals surface area contributed by atoms with E-state index in [0.29, 0.717) is 10.8 Å². The van der Waals surface area contributed by atoms with Crippen molar-refractivity contribution in [3.8, 4) is 0 Å². The minimum absolute atomic E-state index is 0.201. The average molecular weight is 648 g/mol. The van der Waals surface area contributed by atoms with E-state index in [-0.39, 0.29) is 9.70 Å². The molecule has 0 spiro atoms. The van der Waals surface area contributed by atoms with Crippen molar-refractivity contribution in [3.05, 3.63) is 0 Å². The van der Waals surface area contributed by atoms with Gasteiger partial charge in [0.25, 0.3) is 0 Å². The first-order valence-corrected chi connectivity index (χ1v) is 11.5. The van der Waals surface area contributed by atoms with E-state index in [2.05, 4.69) is 95.6 Å². The maximum absolute atomic E-state index is 4.08. The molecule has 0 bridgehead atoms. The SMILES string of the molecule is BrC1(Br)C2CC34CC5C(CC3(CC21)C4(Br)Br)C5(Br)Br. The van der Waals surface area contributed by atoms with Crippen LogP contribution < -0.4 is 0 Å². The Morgan fingerprint density at radius 2 is 0.789 bits per heavy atom. The molecule has 4 atom stereocenters. The molecule has 0 aromatic rings. The van der Waals surface area contributed by atoms with Gasteiger partial charge < -0.3 is 0 Å². The van der Waals surface area contributed by atoms with Gasteiger partial charge in [-0.25, -0.2) is 0 Å². The molecule has 0 aromatic carbocycles. The van der Waals surface area contributed by atoms with Crippen LogP contribution in [0.15, 0.2) is 0 Å². The zero-order valence-corrected chi connectivity index (χ0v) is 19.4. The zero-order chi connectivity index (χ0) is 13.6. The molecular formula is C13H12Br6. The maximum Gasteiger partial charge on any atom is 0.0929 e. The molecule has 0 aromatic heterocycles. The van der Waals surface area contributed by atoms with Crippen LogP contribution >= 0.6 is 95.6 Å². The third kappa shape index (κ3) is 1.29. The summed E-state index contributed by atoms with van der Waals surface area (Å²) in [6.07, 6.45) is 5.40. The minimum atomic E-state index is 0.201. The molecule has 5 fully saturated rings. The summed E-state index contributed by atoms with van der Waals surface area (Å²) in [4.78, 5) is 0. The lowest BCUT2D eigenvalue weighted by Gasteiger charge is -2.32. The quantitative estimate of drug-likeness (QED) is 0.263. The minimum Gasteiger partial charge on any atom is -0.0721 e. The van der Waals surface area contributed by atoms with Crippen molar-refractivity contribution in [2.24, 2.45) is 34.5 Å². The molecule has 0 nitrogen and oxygen atoms in total. The number of rotatable bonds is 0. The van der Waals surface area contributed by atoms with Crippen molar-refractivity contribution < 1.29 is 0 Å². The van der Waals surface area contributed by atoms with Gasteiger partial charge in [-0.15, -0.1) is 0 Å². The summed E-state index contributed by atoms with van der Waals surface area (Å²) in [6, 6.07) is 0. The van der Waals surface area contributed by atoms with Crippen LogP contribution in [0.2, 0.25) is 0 Å². The molecule has 4 unspecified atom stereocenters. The van der Waals surface area contributed by atoms with E-state index >= 15 is 0 Å². The fourth-order valence-electron chi connectivity index (χ4n) is 5.74. The van der Waals surface area contributed by atoms with E-state index in [1.165, 1.54) is 25.7 Å². The van der Waals surface area contributed by atoms with Crippen molar-refractivity contribution in [2.75, 3.05) is 0 Å². The molecule has 6 heteroatoms. The van der Waals surface area contributed by atoms with Gasteiger partial charge in [0.05, 0.1) is 9.70 Å². The Bertz CT molecular complexity index is 437. The third-order valence-electron chi connectivity index (χ3n) is 7.06. The summed E-state index contributed by atoms with van der Waals surface area (Å²) < 4.78 is 0.697. The number of halogens is 6. The highest BCUT2D eigenvalue weighted by atomic mass is 79.9. The Labute approximate surface area is 163 Å². The predicted octanol–water partition coefficient (Wildman–Crippen LogP) is 6.51. The monoisotopic (exact) mass is 642 g/mol. The molecule has 0 amide bonds. The van der Waals surface area contributed by atoms with Gasteiger partial charge in [0.2, 0.25) is 0 Å². The molecule has 5 aliphatic carbocycles. The summed E-state index contributed by atoms with van der Waals surface area (Å²) in [5.74, 6) is 3.25. The van der Waals surface area contributed by atoms with Crippen LogP contribution in [-0.2, 0) is 0 Å². The van der Waals surface area contributed by atoms with Gasteiger partial charge in [0, 0.05) is 10.8 Å². The van der Waals surface area contributed by atoms with E-state index in [4.69, 9.17) is 0 Å². The smallest absolute Gasteiger partial charge is 0.0721 e. The average Bonchev–Trinajstić information content (AvgIpc) is 3.14. The lowest BCUT2D eigenvalue weighted by molar-refractivity contribution is 0.157. The highest BCUT2D eigenvalue weighted by Gasteiger charge is 2.94. The van der Waals surface area contributed by atoms with E-state index in [1.807, 2.05) is 0 Å². The van der Waals surface area contributed by atoms with Gasteiger partial charge in [0.1, 0.15) is 0 Å². The molecule has 0 saturated heterocycles. The number of alkyl halides is 6.